The Hall–Kier alpha value is 4.35. The van der Waals surface area contributed by atoms with Crippen molar-refractivity contribution in [3.63, 3.8) is 0 Å². The van der Waals surface area contributed by atoms with Crippen molar-refractivity contribution in [2.75, 3.05) is 32.7 Å². The van der Waals surface area contributed by atoms with Crippen molar-refractivity contribution >= 4 is 54.4 Å². The minimum Gasteiger partial charge on any atom is 1.00 e. The summed E-state index contributed by atoms with van der Waals surface area (Å²) in [7, 11) is 0. The van der Waals surface area contributed by atoms with Gasteiger partial charge in [-0.2, -0.15) is 0 Å². The van der Waals surface area contributed by atoms with E-state index in [1.54, 1.807) is 30.4 Å². The number of aliphatic hydroxyl groups excluding tert-OH is 1. The van der Waals surface area contributed by atoms with Crippen LogP contribution in [0.2, 0.25) is 0 Å². The third-order valence-corrected chi connectivity index (χ3v) is 8.54. The summed E-state index contributed by atoms with van der Waals surface area (Å²) < 4.78 is 18.0. The van der Waals surface area contributed by atoms with E-state index in [9.17, 15) is 0 Å². The van der Waals surface area contributed by atoms with Gasteiger partial charge in [0.15, 0.2) is 0 Å². The molecule has 7 nitrogen and oxygen atoms in total. The first-order valence-electron chi connectivity index (χ1n) is 15.9. The van der Waals surface area contributed by atoms with Gasteiger partial charge in [0.25, 0.3) is 0 Å². The zero-order valence-corrected chi connectivity index (χ0v) is 63.1. The van der Waals surface area contributed by atoms with Gasteiger partial charge in [-0.15, -0.1) is 0 Å². The Balaban J connectivity index is -0.0000000459. The summed E-state index contributed by atoms with van der Waals surface area (Å²) in [4.78, 5) is 0. The van der Waals surface area contributed by atoms with Gasteiger partial charge in [0.1, 0.15) is 0 Å². The molecule has 0 aromatic rings. The molecule has 55 heavy (non-hydrogen) atoms. The van der Waals surface area contributed by atoms with Crippen LogP contribution in [0.15, 0.2) is 30.4 Å². The maximum absolute atomic E-state index is 7.36. The second-order valence-corrected chi connectivity index (χ2v) is 22.5. The van der Waals surface area contributed by atoms with Crippen LogP contribution < -0.4 is 32.3 Å². The molecule has 0 atom stereocenters. The van der Waals surface area contributed by atoms with Gasteiger partial charge in [0.2, 0.25) is 0 Å². The van der Waals surface area contributed by atoms with Crippen molar-refractivity contribution < 1.29 is 200 Å². The number of nitrogens with one attached hydrogen (secondary N) is 5. The van der Waals surface area contributed by atoms with Crippen molar-refractivity contribution in [2.24, 2.45) is 5.73 Å². The van der Waals surface area contributed by atoms with Crippen LogP contribution in [0.3, 0.4) is 0 Å². The first kappa shape index (κ1) is 83.0. The van der Waals surface area contributed by atoms with Gasteiger partial charge >= 0.3 is 463 Å². The fourth-order valence-corrected chi connectivity index (χ4v) is 3.37. The second-order valence-electron chi connectivity index (χ2n) is 8.00. The normalized spacial score (nSPS) is 7.45. The molecule has 0 saturated heterocycles. The molecule has 0 amide bonds. The minimum atomic E-state index is 0. The molecule has 0 aliphatic rings. The SMILES string of the molecule is C[C-]=[W].C[C-]=[W].N[C-]=[W].O[C-]=[W].S[C-]=[W].[CH-]=C[C](=[W])NCCC.[CH-]=C[C](=[W])NCCC.[CH-]=C[C](=[W])NCCC.[CH-]=C[C](=[W])NCCC.[CH-]=C[C](=[W])NCCC.[H+]. The van der Waals surface area contributed by atoms with Crippen LogP contribution in [-0.4, -0.2) is 79.6 Å². The molecular formula is C37H61N6OSW10-9. The van der Waals surface area contributed by atoms with E-state index in [1.165, 1.54) is 174 Å². The second kappa shape index (κ2) is 97.6. The van der Waals surface area contributed by atoms with Crippen LogP contribution in [0, 0.1) is 32.9 Å². The van der Waals surface area contributed by atoms with Crippen molar-refractivity contribution in [1.29, 1.82) is 0 Å². The van der Waals surface area contributed by atoms with Gasteiger partial charge in [-0.25, -0.2) is 0 Å². The van der Waals surface area contributed by atoms with Crippen LogP contribution >= 0.6 is 12.6 Å². The van der Waals surface area contributed by atoms with E-state index in [-0.39, 0.29) is 1.43 Å². The molecule has 0 rings (SSSR count). The van der Waals surface area contributed by atoms with E-state index in [2.05, 4.69) is 96.6 Å². The summed E-state index contributed by atoms with van der Waals surface area (Å²) in [6.07, 6.45) is 13.9. The van der Waals surface area contributed by atoms with Crippen LogP contribution in [0.25, 0.3) is 0 Å². The van der Waals surface area contributed by atoms with E-state index < -0.39 is 0 Å². The van der Waals surface area contributed by atoms with Gasteiger partial charge in [-0.1, -0.05) is 0 Å². The Bertz CT molecular complexity index is 804. The van der Waals surface area contributed by atoms with Crippen LogP contribution in [0.1, 0.15) is 82.0 Å². The molecule has 8 N–H and O–H groups in total. The summed E-state index contributed by atoms with van der Waals surface area (Å²) in [5, 5.41) is 23.1. The first-order chi connectivity index (χ1) is 26.1. The summed E-state index contributed by atoms with van der Waals surface area (Å²) in [5.74, 6) is 0. The van der Waals surface area contributed by atoms with Crippen LogP contribution in [-0.2, 0) is 194 Å². The van der Waals surface area contributed by atoms with E-state index in [4.69, 9.17) is 38.0 Å². The van der Waals surface area contributed by atoms with Crippen molar-refractivity contribution in [1.82, 2.24) is 26.6 Å². The molecule has 0 aromatic carbocycles. The van der Waals surface area contributed by atoms with Gasteiger partial charge in [0, 0.05) is 0 Å². The summed E-state index contributed by atoms with van der Waals surface area (Å²) in [5.41, 5.74) is 4.63. The Kier molecular flexibility index (Phi) is 147. The maximum atomic E-state index is 7.36. The number of hydrogen-bond acceptors (Lipinski definition) is 8. The molecule has 0 spiro atoms. The smallest absolute Gasteiger partial charge is 1.00 e. The predicted octanol–water partition coefficient (Wildman–Crippen LogP) is 2.61. The monoisotopic (exact) mass is 2480 g/mol. The largest absolute Gasteiger partial charge is 1.00 e. The third kappa shape index (κ3) is 157. The summed E-state index contributed by atoms with van der Waals surface area (Å²) >= 11 is 16.9. The fraction of sp³-hybridized carbons (Fsp3) is 0.459. The minimum absolute atomic E-state index is 0. The number of hydrogen-bond donors (Lipinski definition) is 8. The van der Waals surface area contributed by atoms with Crippen molar-refractivity contribution in [3.05, 3.63) is 63.3 Å². The molecule has 0 aliphatic carbocycles. The first-order valence-corrected chi connectivity index (χ1v) is 31.1. The Morgan fingerprint density at radius 3 is 0.673 bits per heavy atom. The molecule has 0 fully saturated rings. The molecule has 0 radical (unpaired) electrons. The quantitative estimate of drug-likeness (QED) is 0.0540. The van der Waals surface area contributed by atoms with Crippen molar-refractivity contribution in [3.8, 4) is 0 Å². The number of nitrogens with two attached hydrogens (primary N) is 1. The summed E-state index contributed by atoms with van der Waals surface area (Å²) in [6, 6.07) is 0. The zero-order valence-electron chi connectivity index (χ0n) is 33.9. The number of rotatable bonds is 20. The van der Waals surface area contributed by atoms with Crippen molar-refractivity contribution in [2.45, 2.75) is 80.6 Å². The zero-order chi connectivity index (χ0) is 45.6. The Morgan fingerprint density at radius 1 is 0.527 bits per heavy atom. The molecule has 18 heteroatoms. The van der Waals surface area contributed by atoms with Gasteiger partial charge < -0.3 is 0 Å². The average Bonchev–Trinajstić information content (AvgIpc) is 3.18. The maximum Gasteiger partial charge on any atom is 1.00 e. The number of thiol groups is 1. The Labute approximate surface area is 456 Å². The van der Waals surface area contributed by atoms with E-state index in [1.807, 2.05) is 18.4 Å². The van der Waals surface area contributed by atoms with Gasteiger partial charge in [-0.3, -0.25) is 0 Å². The molecular weight excluding hydrogens is 2410 g/mol. The standard InChI is InChI=1S/5C6H10N.2C2H3.CH2N.CHO.CHS.10W/c5*1-3-5-7-6-4-2;5*1-2;;;;;;;;;;/h5*1,3,7H,4,6H2,2H3;2*1H3;2H2;2*2H;;;;;;;;;;/q10*-1;;;;;;;;;;/p+1. The number of aliphatic hydroxyl groups is 1. The Morgan fingerprint density at radius 2 is 0.618 bits per heavy atom. The fourth-order valence-electron chi connectivity index (χ4n) is 1.54. The van der Waals surface area contributed by atoms with E-state index in [0.717, 1.165) is 104 Å². The molecule has 0 bridgehead atoms. The molecule has 0 aliphatic heterocycles. The molecule has 0 aromatic heterocycles. The molecule has 320 valence electrons. The summed E-state index contributed by atoms with van der Waals surface area (Å²) in [6.45, 7) is 45.7. The third-order valence-electron chi connectivity index (χ3n) is 3.50. The molecule has 0 saturated carbocycles. The molecule has 0 unspecified atom stereocenters. The van der Waals surface area contributed by atoms with E-state index >= 15 is 0 Å². The van der Waals surface area contributed by atoms with E-state index in [0.29, 0.717) is 0 Å². The predicted molar refractivity (Wildman–Crippen MR) is 213 cm³/mol. The van der Waals surface area contributed by atoms with Gasteiger partial charge in [-0.05, 0) is 0 Å². The average molecular weight is 2480 g/mol. The van der Waals surface area contributed by atoms with Gasteiger partial charge in [0.05, 0.1) is 0 Å². The van der Waals surface area contributed by atoms with Crippen LogP contribution in [0.4, 0.5) is 0 Å². The van der Waals surface area contributed by atoms with Crippen LogP contribution in [0.5, 0.6) is 0 Å². The topological polar surface area (TPSA) is 106 Å². The molecule has 0 heterocycles.